The van der Waals surface area contributed by atoms with Gasteiger partial charge in [0.2, 0.25) is 16.1 Å². The number of methoxy groups -OCH3 is 1. The van der Waals surface area contributed by atoms with Crippen molar-refractivity contribution in [2.24, 2.45) is 17.0 Å². The Morgan fingerprint density at radius 3 is 2.53 bits per heavy atom. The molecule has 12 heteroatoms. The summed E-state index contributed by atoms with van der Waals surface area (Å²) in [6.45, 7) is 3.53. The summed E-state index contributed by atoms with van der Waals surface area (Å²) in [4.78, 5) is 16.8. The van der Waals surface area contributed by atoms with Crippen molar-refractivity contribution in [3.05, 3.63) is 44.8 Å². The fourth-order valence-corrected chi connectivity index (χ4v) is 7.82. The molecular weight excluding hydrogens is 644 g/mol. The number of carbonyl (C=O) groups excluding carboxylic acids is 1. The van der Waals surface area contributed by atoms with Crippen LogP contribution in [-0.2, 0) is 24.4 Å². The van der Waals surface area contributed by atoms with Crippen LogP contribution in [0.2, 0.25) is 0 Å². The molecule has 0 saturated heterocycles. The second kappa shape index (κ2) is 12.4. The van der Waals surface area contributed by atoms with E-state index >= 15 is 0 Å². The summed E-state index contributed by atoms with van der Waals surface area (Å²) < 4.78 is 47.1. The average molecular weight is 674 g/mol. The zero-order valence-corrected chi connectivity index (χ0v) is 25.3. The van der Waals surface area contributed by atoms with Gasteiger partial charge in [0.1, 0.15) is 16.4 Å². The quantitative estimate of drug-likeness (QED) is 0.183. The zero-order chi connectivity index (χ0) is 27.4. The van der Waals surface area contributed by atoms with Gasteiger partial charge in [-0.1, -0.05) is 11.6 Å². The maximum atomic E-state index is 13.3. The maximum absolute atomic E-state index is 13.3. The van der Waals surface area contributed by atoms with Gasteiger partial charge < -0.3 is 19.0 Å². The first-order chi connectivity index (χ1) is 18.1. The lowest BCUT2D eigenvalue weighted by Crippen LogP contribution is -2.38. The minimum absolute atomic E-state index is 0.0316. The van der Waals surface area contributed by atoms with Gasteiger partial charge in [-0.15, -0.1) is 0 Å². The Labute approximate surface area is 239 Å². The van der Waals surface area contributed by atoms with Crippen LogP contribution in [0.1, 0.15) is 45.1 Å². The van der Waals surface area contributed by atoms with Crippen LogP contribution in [0.3, 0.4) is 0 Å². The molecule has 2 bridgehead atoms. The molecule has 4 atom stereocenters. The molecule has 0 amide bonds. The van der Waals surface area contributed by atoms with E-state index in [-0.39, 0.29) is 23.3 Å². The molecule has 38 heavy (non-hydrogen) atoms. The SMILES string of the molecule is CCOC(=O)C(C)O/N=C/c1cc(Br)c(Oc2ccc(OC)c(S(=O)(=O)N[C@@H]3C[C@H]4CC[C@H]3C4)c2)c(Br)c1. The molecule has 1 unspecified atom stereocenters. The highest BCUT2D eigenvalue weighted by Crippen LogP contribution is 2.45. The number of hydrogen-bond donors (Lipinski definition) is 1. The van der Waals surface area contributed by atoms with Crippen LogP contribution in [0.25, 0.3) is 0 Å². The highest BCUT2D eigenvalue weighted by molar-refractivity contribution is 9.11. The molecule has 0 spiro atoms. The van der Waals surface area contributed by atoms with Gasteiger partial charge in [-0.3, -0.25) is 0 Å². The third kappa shape index (κ3) is 6.70. The van der Waals surface area contributed by atoms with Gasteiger partial charge in [-0.05, 0) is 107 Å². The van der Waals surface area contributed by atoms with Gasteiger partial charge in [-0.2, -0.15) is 0 Å². The number of nitrogens with one attached hydrogen (secondary N) is 1. The molecular formula is C26H30Br2N2O7S. The van der Waals surface area contributed by atoms with Gasteiger partial charge in [0.05, 0.1) is 28.9 Å². The molecule has 0 radical (unpaired) electrons. The highest BCUT2D eigenvalue weighted by Gasteiger charge is 2.41. The fourth-order valence-electron chi connectivity index (χ4n) is 4.94. The average Bonchev–Trinajstić information content (AvgIpc) is 3.49. The van der Waals surface area contributed by atoms with Crippen LogP contribution in [0.15, 0.2) is 49.3 Å². The van der Waals surface area contributed by atoms with E-state index in [1.807, 2.05) is 0 Å². The molecule has 2 aliphatic carbocycles. The lowest BCUT2D eigenvalue weighted by atomic mass is 9.96. The minimum atomic E-state index is -3.82. The van der Waals surface area contributed by atoms with Gasteiger partial charge in [0, 0.05) is 12.1 Å². The van der Waals surface area contributed by atoms with Crippen molar-refractivity contribution in [1.82, 2.24) is 4.72 Å². The van der Waals surface area contributed by atoms with E-state index in [9.17, 15) is 13.2 Å². The Hall–Kier alpha value is -2.15. The largest absolute Gasteiger partial charge is 0.495 e. The summed E-state index contributed by atoms with van der Waals surface area (Å²) in [6.07, 6.45) is 4.84. The third-order valence-electron chi connectivity index (χ3n) is 6.75. The number of carbonyl (C=O) groups is 1. The van der Waals surface area contributed by atoms with Crippen molar-refractivity contribution in [3.8, 4) is 17.2 Å². The standard InChI is InChI=1S/C26H30Br2N2O7S/c1-4-35-26(31)15(2)37-29-14-17-10-20(27)25(21(28)11-17)36-19-7-8-23(34-3)24(13-19)38(32,33)30-22-12-16-5-6-18(22)9-16/h7-8,10-11,13-16,18,22,30H,4-6,9,12H2,1-3H3/b29-14+/t15?,16-,18-,22+/m0/s1. The number of fused-ring (bicyclic) bond motifs is 2. The van der Waals surface area contributed by atoms with Gasteiger partial charge in [0.25, 0.3) is 0 Å². The molecule has 9 nitrogen and oxygen atoms in total. The third-order valence-corrected chi connectivity index (χ3v) is 9.44. The number of nitrogens with zero attached hydrogens (tertiary/aromatic N) is 1. The lowest BCUT2D eigenvalue weighted by Gasteiger charge is -2.23. The van der Waals surface area contributed by atoms with Crippen LogP contribution in [0.5, 0.6) is 17.2 Å². The van der Waals surface area contributed by atoms with Gasteiger partial charge in [-0.25, -0.2) is 17.9 Å². The molecule has 2 saturated carbocycles. The highest BCUT2D eigenvalue weighted by atomic mass is 79.9. The Morgan fingerprint density at radius 1 is 1.18 bits per heavy atom. The van der Waals surface area contributed by atoms with Crippen LogP contribution in [-0.4, -0.2) is 46.5 Å². The second-order valence-corrected chi connectivity index (χ2v) is 12.8. The molecule has 1 N–H and O–H groups in total. The van der Waals surface area contributed by atoms with Crippen molar-refractivity contribution in [1.29, 1.82) is 0 Å². The van der Waals surface area contributed by atoms with Crippen molar-refractivity contribution < 1.29 is 32.3 Å². The first kappa shape index (κ1) is 28.8. The summed E-state index contributed by atoms with van der Waals surface area (Å²) in [6, 6.07) is 8.14. The van der Waals surface area contributed by atoms with E-state index in [1.54, 1.807) is 38.1 Å². The van der Waals surface area contributed by atoms with Crippen LogP contribution < -0.4 is 14.2 Å². The summed E-state index contributed by atoms with van der Waals surface area (Å²) in [5.74, 6) is 1.52. The predicted molar refractivity (Wildman–Crippen MR) is 149 cm³/mol. The Kier molecular flexibility index (Phi) is 9.38. The molecule has 2 aliphatic rings. The first-order valence-corrected chi connectivity index (χ1v) is 15.4. The molecule has 4 rings (SSSR count). The Morgan fingerprint density at radius 2 is 1.92 bits per heavy atom. The van der Waals surface area contributed by atoms with E-state index < -0.39 is 22.1 Å². The van der Waals surface area contributed by atoms with Crippen molar-refractivity contribution >= 4 is 54.1 Å². The molecule has 2 aromatic carbocycles. The number of halogens is 2. The normalized spacial score (nSPS) is 21.4. The molecule has 0 aromatic heterocycles. The van der Waals surface area contributed by atoms with Gasteiger partial charge in [0.15, 0.2) is 5.75 Å². The summed E-state index contributed by atoms with van der Waals surface area (Å²) >= 11 is 6.99. The van der Waals surface area contributed by atoms with Crippen LogP contribution in [0, 0.1) is 11.8 Å². The summed E-state index contributed by atoms with van der Waals surface area (Å²) in [7, 11) is -2.38. The number of sulfonamides is 1. The number of esters is 1. The smallest absolute Gasteiger partial charge is 0.349 e. The number of rotatable bonds is 11. The number of hydrogen-bond acceptors (Lipinski definition) is 8. The van der Waals surface area contributed by atoms with Crippen LogP contribution in [0.4, 0.5) is 0 Å². The molecule has 2 aromatic rings. The minimum Gasteiger partial charge on any atom is -0.495 e. The number of oxime groups is 1. The van der Waals surface area contributed by atoms with Crippen LogP contribution >= 0.6 is 31.9 Å². The lowest BCUT2D eigenvalue weighted by molar-refractivity contribution is -0.155. The van der Waals surface area contributed by atoms with E-state index in [2.05, 4.69) is 41.7 Å². The van der Waals surface area contributed by atoms with E-state index in [0.717, 1.165) is 19.3 Å². The van der Waals surface area contributed by atoms with Crippen molar-refractivity contribution in [3.63, 3.8) is 0 Å². The molecule has 206 valence electrons. The predicted octanol–water partition coefficient (Wildman–Crippen LogP) is 5.78. The molecule has 2 fully saturated rings. The molecule has 0 aliphatic heterocycles. The second-order valence-electron chi connectivity index (χ2n) is 9.37. The molecule has 0 heterocycles. The number of ether oxygens (including phenoxy) is 3. The monoisotopic (exact) mass is 672 g/mol. The Bertz CT molecular complexity index is 1300. The zero-order valence-electron chi connectivity index (χ0n) is 21.3. The van der Waals surface area contributed by atoms with Crippen molar-refractivity contribution in [2.75, 3.05) is 13.7 Å². The van der Waals surface area contributed by atoms with E-state index in [1.165, 1.54) is 25.8 Å². The van der Waals surface area contributed by atoms with Crippen molar-refractivity contribution in [2.45, 2.75) is 56.6 Å². The summed E-state index contributed by atoms with van der Waals surface area (Å²) in [5.41, 5.74) is 0.667. The summed E-state index contributed by atoms with van der Waals surface area (Å²) in [5, 5.41) is 3.86. The Balaban J connectivity index is 1.50. The van der Waals surface area contributed by atoms with E-state index in [4.69, 9.17) is 19.0 Å². The van der Waals surface area contributed by atoms with E-state index in [0.29, 0.717) is 37.8 Å². The fraction of sp³-hybridized carbons (Fsp3) is 0.462. The maximum Gasteiger partial charge on any atom is 0.349 e. The topological polar surface area (TPSA) is 113 Å². The van der Waals surface area contributed by atoms with Gasteiger partial charge >= 0.3 is 5.97 Å². The number of benzene rings is 2. The first-order valence-electron chi connectivity index (χ1n) is 12.3.